The maximum atomic E-state index is 11.9. The maximum absolute atomic E-state index is 11.9. The highest BCUT2D eigenvalue weighted by atomic mass is 32.2. The van der Waals surface area contributed by atoms with E-state index in [0.29, 0.717) is 11.4 Å². The molecule has 2 aromatic rings. The van der Waals surface area contributed by atoms with Crippen LogP contribution >= 0.6 is 11.8 Å². The number of anilines is 1. The molecule has 3 heterocycles. The number of fused-ring (bicyclic) bond motifs is 1. The number of carbonyl (C=O) groups excluding carboxylic acids is 1. The zero-order valence-electron chi connectivity index (χ0n) is 14.2. The number of aliphatic hydroxyl groups excluding tert-OH is 1. The number of ether oxygens (including phenoxy) is 1. The number of rotatable bonds is 4. The van der Waals surface area contributed by atoms with Crippen molar-refractivity contribution in [2.75, 3.05) is 11.5 Å². The van der Waals surface area contributed by atoms with Gasteiger partial charge >= 0.3 is 0 Å². The minimum absolute atomic E-state index is 0.0138. The molecule has 0 unspecified atom stereocenters. The lowest BCUT2D eigenvalue weighted by Gasteiger charge is -2.17. The first-order chi connectivity index (χ1) is 11.8. The summed E-state index contributed by atoms with van der Waals surface area (Å²) in [6.07, 6.45) is -0.332. The van der Waals surface area contributed by atoms with Gasteiger partial charge in [-0.25, -0.2) is 4.98 Å². The number of aliphatic hydroxyl groups is 1. The number of imidazole rings is 1. The van der Waals surface area contributed by atoms with Crippen molar-refractivity contribution in [1.29, 1.82) is 0 Å². The largest absolute Gasteiger partial charge is 0.390 e. The van der Waals surface area contributed by atoms with Crippen LogP contribution in [0.1, 0.15) is 27.0 Å². The third-order valence-electron chi connectivity index (χ3n) is 4.27. The molecule has 10 heteroatoms. The summed E-state index contributed by atoms with van der Waals surface area (Å²) in [5, 5.41) is 10.5. The first kappa shape index (κ1) is 17.9. The molecule has 1 aliphatic rings. The molecule has 0 bridgehead atoms. The molecule has 1 fully saturated rings. The fourth-order valence-corrected chi connectivity index (χ4v) is 3.75. The quantitative estimate of drug-likeness (QED) is 0.711. The van der Waals surface area contributed by atoms with Crippen molar-refractivity contribution in [3.63, 3.8) is 0 Å². The number of nitrogens with one attached hydrogen (secondary N) is 1. The zero-order chi connectivity index (χ0) is 18.3. The molecular formula is C15H21N5O4S. The van der Waals surface area contributed by atoms with Gasteiger partial charge in [-0.2, -0.15) is 4.98 Å². The van der Waals surface area contributed by atoms with Gasteiger partial charge in [-0.3, -0.25) is 19.1 Å². The summed E-state index contributed by atoms with van der Waals surface area (Å²) in [6, 6.07) is 0. The van der Waals surface area contributed by atoms with Crippen LogP contribution in [0.25, 0.3) is 11.2 Å². The van der Waals surface area contributed by atoms with Gasteiger partial charge in [0.05, 0.1) is 18.5 Å². The lowest BCUT2D eigenvalue weighted by molar-refractivity contribution is -0.113. The molecule has 0 radical (unpaired) electrons. The second-order valence-corrected chi connectivity index (χ2v) is 7.50. The van der Waals surface area contributed by atoms with Gasteiger partial charge in [0.25, 0.3) is 5.56 Å². The number of aromatic nitrogens is 4. The predicted octanol–water partition coefficient (Wildman–Crippen LogP) is 0.512. The molecular weight excluding hydrogens is 346 g/mol. The maximum Gasteiger partial charge on any atom is 0.280 e. The van der Waals surface area contributed by atoms with Gasteiger partial charge < -0.3 is 15.6 Å². The van der Waals surface area contributed by atoms with Crippen LogP contribution in [0.2, 0.25) is 0 Å². The topological polar surface area (TPSA) is 136 Å². The highest BCUT2D eigenvalue weighted by Crippen LogP contribution is 2.37. The number of thioether (sulfide) groups is 1. The van der Waals surface area contributed by atoms with E-state index in [-0.39, 0.29) is 28.4 Å². The number of carbonyl (C=O) groups is 1. The van der Waals surface area contributed by atoms with Gasteiger partial charge in [-0.15, -0.1) is 0 Å². The summed E-state index contributed by atoms with van der Waals surface area (Å²) in [4.78, 5) is 34.3. The van der Waals surface area contributed by atoms with Crippen LogP contribution in [0, 0.1) is 11.8 Å². The minimum atomic E-state index is -0.741. The molecule has 4 N–H and O–H groups in total. The van der Waals surface area contributed by atoms with Crippen LogP contribution in [0.4, 0.5) is 5.95 Å². The summed E-state index contributed by atoms with van der Waals surface area (Å²) in [6.45, 7) is 5.50. The summed E-state index contributed by atoms with van der Waals surface area (Å²) < 4.78 is 7.56. The SMILES string of the molecule is CC(C)C(=O)SC[C@H]1O[C@@H](n2cnc3c(=O)[nH]c(N)nc32)[C@H](C)[C@@H]1O. The summed E-state index contributed by atoms with van der Waals surface area (Å²) >= 11 is 1.16. The summed E-state index contributed by atoms with van der Waals surface area (Å²) in [5.74, 6) is 0.00902. The van der Waals surface area contributed by atoms with E-state index in [1.165, 1.54) is 6.33 Å². The Hall–Kier alpha value is -1.91. The molecule has 0 amide bonds. The number of nitrogens with zero attached hydrogens (tertiary/aromatic N) is 3. The van der Waals surface area contributed by atoms with Crippen molar-refractivity contribution < 1.29 is 14.6 Å². The van der Waals surface area contributed by atoms with Gasteiger partial charge in [0.15, 0.2) is 16.3 Å². The number of nitrogen functional groups attached to an aromatic ring is 1. The smallest absolute Gasteiger partial charge is 0.280 e. The van der Waals surface area contributed by atoms with E-state index < -0.39 is 24.0 Å². The summed E-state index contributed by atoms with van der Waals surface area (Å²) in [7, 11) is 0. The van der Waals surface area contributed by atoms with Gasteiger partial charge in [-0.05, 0) is 0 Å². The normalized spacial score (nSPS) is 26.6. The molecule has 0 aliphatic carbocycles. The third-order valence-corrected chi connectivity index (χ3v) is 5.52. The standard InChI is InChI=1S/C15H21N5O4S/c1-6(2)14(23)25-4-8-10(21)7(3)13(24-8)20-5-17-9-11(20)18-15(16)19-12(9)22/h5-8,10,13,21H,4H2,1-3H3,(H3,16,18,19,22)/t7-,8-,10+,13-/m1/s1. The van der Waals surface area contributed by atoms with Gasteiger partial charge in [0.2, 0.25) is 5.95 Å². The Morgan fingerprint density at radius 1 is 1.56 bits per heavy atom. The Morgan fingerprint density at radius 2 is 2.28 bits per heavy atom. The monoisotopic (exact) mass is 367 g/mol. The van der Waals surface area contributed by atoms with Crippen molar-refractivity contribution >= 4 is 34.0 Å². The van der Waals surface area contributed by atoms with Crippen molar-refractivity contribution in [3.8, 4) is 0 Å². The Balaban J connectivity index is 1.84. The highest BCUT2D eigenvalue weighted by molar-refractivity contribution is 8.13. The predicted molar refractivity (Wildman–Crippen MR) is 93.9 cm³/mol. The molecule has 1 saturated heterocycles. The molecule has 4 atom stereocenters. The van der Waals surface area contributed by atoms with Crippen LogP contribution in [-0.4, -0.2) is 47.7 Å². The number of aromatic amines is 1. The highest BCUT2D eigenvalue weighted by Gasteiger charge is 2.42. The molecule has 2 aromatic heterocycles. The molecule has 1 aliphatic heterocycles. The Morgan fingerprint density at radius 3 is 2.96 bits per heavy atom. The van der Waals surface area contributed by atoms with E-state index in [2.05, 4.69) is 15.0 Å². The lowest BCUT2D eigenvalue weighted by Crippen LogP contribution is -2.28. The Labute approximate surface area is 148 Å². The molecule has 0 aromatic carbocycles. The van der Waals surface area contributed by atoms with E-state index in [1.807, 2.05) is 20.8 Å². The van der Waals surface area contributed by atoms with Crippen molar-refractivity contribution in [2.45, 2.75) is 39.2 Å². The second kappa shape index (κ2) is 6.77. The molecule has 136 valence electrons. The summed E-state index contributed by atoms with van der Waals surface area (Å²) in [5.41, 5.74) is 5.64. The average Bonchev–Trinajstić information content (AvgIpc) is 3.08. The second-order valence-electron chi connectivity index (χ2n) is 6.47. The number of H-pyrrole nitrogens is 1. The molecule has 0 saturated carbocycles. The average molecular weight is 367 g/mol. The number of nitrogens with two attached hydrogens (primary N) is 1. The van der Waals surface area contributed by atoms with Gasteiger partial charge in [-0.1, -0.05) is 32.5 Å². The first-order valence-electron chi connectivity index (χ1n) is 8.02. The fraction of sp³-hybridized carbons (Fsp3) is 0.600. The minimum Gasteiger partial charge on any atom is -0.390 e. The van der Waals surface area contributed by atoms with Gasteiger partial charge in [0, 0.05) is 17.6 Å². The first-order valence-corrected chi connectivity index (χ1v) is 9.00. The zero-order valence-corrected chi connectivity index (χ0v) is 15.0. The van der Waals surface area contributed by atoms with E-state index in [0.717, 1.165) is 11.8 Å². The van der Waals surface area contributed by atoms with E-state index in [4.69, 9.17) is 10.5 Å². The van der Waals surface area contributed by atoms with Crippen molar-refractivity contribution in [1.82, 2.24) is 19.5 Å². The fourth-order valence-electron chi connectivity index (χ4n) is 2.81. The van der Waals surface area contributed by atoms with Crippen molar-refractivity contribution in [2.24, 2.45) is 11.8 Å². The molecule has 25 heavy (non-hydrogen) atoms. The van der Waals surface area contributed by atoms with Crippen LogP contribution in [0.15, 0.2) is 11.1 Å². The Kier molecular flexibility index (Phi) is 4.85. The lowest BCUT2D eigenvalue weighted by atomic mass is 10.0. The molecule has 0 spiro atoms. The molecule has 3 rings (SSSR count). The van der Waals surface area contributed by atoms with Crippen LogP contribution in [0.5, 0.6) is 0 Å². The Bertz CT molecular complexity index is 848. The van der Waals surface area contributed by atoms with Gasteiger partial charge in [0.1, 0.15) is 6.23 Å². The van der Waals surface area contributed by atoms with Crippen LogP contribution < -0.4 is 11.3 Å². The van der Waals surface area contributed by atoms with E-state index in [9.17, 15) is 14.7 Å². The number of hydrogen-bond donors (Lipinski definition) is 3. The van der Waals surface area contributed by atoms with E-state index >= 15 is 0 Å². The van der Waals surface area contributed by atoms with Crippen molar-refractivity contribution in [3.05, 3.63) is 16.7 Å². The third kappa shape index (κ3) is 3.29. The number of hydrogen-bond acceptors (Lipinski definition) is 8. The van der Waals surface area contributed by atoms with Crippen LogP contribution in [0.3, 0.4) is 0 Å². The molecule has 9 nitrogen and oxygen atoms in total. The van der Waals surface area contributed by atoms with E-state index in [1.54, 1.807) is 4.57 Å². The van der Waals surface area contributed by atoms with Crippen LogP contribution in [-0.2, 0) is 9.53 Å².